The van der Waals surface area contributed by atoms with Crippen LogP contribution in [0.3, 0.4) is 0 Å². The molecule has 112 valence electrons. The maximum Gasteiger partial charge on any atom is 0.348 e. The summed E-state index contributed by atoms with van der Waals surface area (Å²) in [4.78, 5) is 23.4. The van der Waals surface area contributed by atoms with Crippen molar-refractivity contribution in [3.63, 3.8) is 0 Å². The number of carbonyl (C=O) groups excluding carboxylic acids is 1. The molecule has 3 N–H and O–H groups in total. The molecule has 0 spiro atoms. The van der Waals surface area contributed by atoms with Crippen LogP contribution in [0.4, 0.5) is 5.00 Å². The van der Waals surface area contributed by atoms with Gasteiger partial charge in [0.05, 0.1) is 11.7 Å². The number of carbonyl (C=O) groups is 2. The Kier molecular flexibility index (Phi) is 6.01. The summed E-state index contributed by atoms with van der Waals surface area (Å²) < 4.78 is 5.33. The molecule has 0 saturated carbocycles. The van der Waals surface area contributed by atoms with Crippen molar-refractivity contribution in [3.05, 3.63) is 16.0 Å². The molecular formula is C14H21NO4S. The second-order valence-corrected chi connectivity index (χ2v) is 5.86. The minimum absolute atomic E-state index is 0.000543. The molecule has 0 aliphatic heterocycles. The van der Waals surface area contributed by atoms with Crippen molar-refractivity contribution in [1.29, 1.82) is 0 Å². The topological polar surface area (TPSA) is 89.6 Å². The molecule has 0 saturated heterocycles. The molecule has 0 aliphatic carbocycles. The Morgan fingerprint density at radius 1 is 1.40 bits per heavy atom. The predicted molar refractivity (Wildman–Crippen MR) is 79.4 cm³/mol. The number of aromatic carboxylic acids is 1. The lowest BCUT2D eigenvalue weighted by molar-refractivity contribution is 0.0325. The number of nitrogen functional groups attached to an aromatic ring is 1. The molecule has 0 amide bonds. The van der Waals surface area contributed by atoms with Crippen molar-refractivity contribution >= 4 is 28.3 Å². The van der Waals surface area contributed by atoms with E-state index in [1.165, 1.54) is 0 Å². The predicted octanol–water partition coefficient (Wildman–Crippen LogP) is 3.46. The third-order valence-electron chi connectivity index (χ3n) is 3.10. The Morgan fingerprint density at radius 3 is 2.55 bits per heavy atom. The first-order valence-corrected chi connectivity index (χ1v) is 7.53. The van der Waals surface area contributed by atoms with Crippen LogP contribution < -0.4 is 5.73 Å². The minimum Gasteiger partial charge on any atom is -0.478 e. The number of unbranched alkanes of at least 4 members (excludes halogenated alkanes) is 2. The van der Waals surface area contributed by atoms with Gasteiger partial charge in [0, 0.05) is 0 Å². The maximum atomic E-state index is 12.0. The average Bonchev–Trinajstić information content (AvgIpc) is 2.65. The molecule has 1 atom stereocenters. The molecule has 1 unspecified atom stereocenters. The number of hydrogen-bond donors (Lipinski definition) is 2. The Labute approximate surface area is 122 Å². The minimum atomic E-state index is -1.12. The number of thiophene rings is 1. The van der Waals surface area contributed by atoms with E-state index in [1.807, 2.05) is 6.92 Å². The van der Waals surface area contributed by atoms with E-state index in [9.17, 15) is 9.59 Å². The summed E-state index contributed by atoms with van der Waals surface area (Å²) in [6.07, 6.45) is 3.87. The molecule has 20 heavy (non-hydrogen) atoms. The lowest BCUT2D eigenvalue weighted by atomic mass is 10.1. The third kappa shape index (κ3) is 3.96. The molecule has 0 bridgehead atoms. The van der Waals surface area contributed by atoms with Gasteiger partial charge in [-0.3, -0.25) is 0 Å². The molecule has 1 rings (SSSR count). The van der Waals surface area contributed by atoms with E-state index in [-0.39, 0.29) is 21.5 Å². The standard InChI is InChI=1S/C14H21NO4S/c1-4-5-6-7-8(2)19-14(18)11-9(3)10(13(16)17)12(15)20-11/h8H,4-7,15H2,1-3H3,(H,16,17). The van der Waals surface area contributed by atoms with Crippen LogP contribution in [0.25, 0.3) is 0 Å². The molecule has 0 fully saturated rings. The Morgan fingerprint density at radius 2 is 2.05 bits per heavy atom. The summed E-state index contributed by atoms with van der Waals surface area (Å²) in [6, 6.07) is 0. The Hall–Kier alpha value is -1.56. The van der Waals surface area contributed by atoms with Gasteiger partial charge >= 0.3 is 11.9 Å². The summed E-state index contributed by atoms with van der Waals surface area (Å²) in [5, 5.41) is 9.18. The second kappa shape index (κ2) is 7.28. The molecular weight excluding hydrogens is 278 g/mol. The highest BCUT2D eigenvalue weighted by molar-refractivity contribution is 7.18. The molecule has 1 heterocycles. The fraction of sp³-hybridized carbons (Fsp3) is 0.571. The Balaban J connectivity index is 2.73. The summed E-state index contributed by atoms with van der Waals surface area (Å²) >= 11 is 0.970. The molecule has 0 radical (unpaired) electrons. The van der Waals surface area contributed by atoms with E-state index >= 15 is 0 Å². The first-order valence-electron chi connectivity index (χ1n) is 6.71. The van der Waals surface area contributed by atoms with Gasteiger partial charge in [0.1, 0.15) is 9.88 Å². The van der Waals surface area contributed by atoms with Crippen LogP contribution in [0.5, 0.6) is 0 Å². The third-order valence-corrected chi connectivity index (χ3v) is 4.20. The van der Waals surface area contributed by atoms with E-state index in [0.29, 0.717) is 5.56 Å². The van der Waals surface area contributed by atoms with Gasteiger partial charge in [-0.2, -0.15) is 0 Å². The van der Waals surface area contributed by atoms with Crippen LogP contribution in [0, 0.1) is 6.92 Å². The number of rotatable bonds is 7. The number of carboxylic acid groups (broad SMARTS) is 1. The van der Waals surface area contributed by atoms with Crippen LogP contribution >= 0.6 is 11.3 Å². The van der Waals surface area contributed by atoms with E-state index in [4.69, 9.17) is 15.6 Å². The van der Waals surface area contributed by atoms with Crippen LogP contribution in [0.1, 0.15) is 65.1 Å². The number of hydrogen-bond acceptors (Lipinski definition) is 5. The number of carboxylic acids is 1. The summed E-state index contributed by atoms with van der Waals surface area (Å²) in [5.74, 6) is -1.61. The van der Waals surface area contributed by atoms with Gasteiger partial charge in [0.2, 0.25) is 0 Å². The van der Waals surface area contributed by atoms with Gasteiger partial charge in [-0.15, -0.1) is 11.3 Å². The molecule has 0 aromatic carbocycles. The fourth-order valence-electron chi connectivity index (χ4n) is 1.97. The molecule has 6 heteroatoms. The average molecular weight is 299 g/mol. The number of anilines is 1. The molecule has 0 aliphatic rings. The SMILES string of the molecule is CCCCCC(C)OC(=O)c1sc(N)c(C(=O)O)c1C. The zero-order valence-electron chi connectivity index (χ0n) is 12.1. The van der Waals surface area contributed by atoms with Crippen molar-refractivity contribution in [1.82, 2.24) is 0 Å². The van der Waals surface area contributed by atoms with Gasteiger partial charge in [-0.25, -0.2) is 9.59 Å². The van der Waals surface area contributed by atoms with Crippen molar-refractivity contribution in [2.45, 2.75) is 52.6 Å². The zero-order chi connectivity index (χ0) is 15.3. The van der Waals surface area contributed by atoms with Crippen LogP contribution in [-0.2, 0) is 4.74 Å². The fourth-order valence-corrected chi connectivity index (χ4v) is 2.92. The number of esters is 1. The van der Waals surface area contributed by atoms with Crippen LogP contribution in [-0.4, -0.2) is 23.1 Å². The monoisotopic (exact) mass is 299 g/mol. The number of nitrogens with two attached hydrogens (primary N) is 1. The summed E-state index contributed by atoms with van der Waals surface area (Å²) in [7, 11) is 0. The highest BCUT2D eigenvalue weighted by atomic mass is 32.1. The first-order chi connectivity index (χ1) is 9.38. The van der Waals surface area contributed by atoms with Gasteiger partial charge in [-0.1, -0.05) is 19.8 Å². The van der Waals surface area contributed by atoms with E-state index < -0.39 is 11.9 Å². The van der Waals surface area contributed by atoms with Crippen molar-refractivity contribution < 1.29 is 19.4 Å². The largest absolute Gasteiger partial charge is 0.478 e. The van der Waals surface area contributed by atoms with Crippen molar-refractivity contribution in [2.75, 3.05) is 5.73 Å². The van der Waals surface area contributed by atoms with Crippen LogP contribution in [0.2, 0.25) is 0 Å². The van der Waals surface area contributed by atoms with E-state index in [2.05, 4.69) is 6.92 Å². The van der Waals surface area contributed by atoms with Gasteiger partial charge in [-0.05, 0) is 32.3 Å². The molecule has 1 aromatic rings. The van der Waals surface area contributed by atoms with E-state index in [1.54, 1.807) is 6.92 Å². The van der Waals surface area contributed by atoms with Crippen LogP contribution in [0.15, 0.2) is 0 Å². The first kappa shape index (κ1) is 16.5. The highest BCUT2D eigenvalue weighted by Crippen LogP contribution is 2.31. The smallest absolute Gasteiger partial charge is 0.348 e. The number of ether oxygens (including phenoxy) is 1. The normalized spacial score (nSPS) is 12.2. The maximum absolute atomic E-state index is 12.0. The molecule has 1 aromatic heterocycles. The summed E-state index contributed by atoms with van der Waals surface area (Å²) in [5.41, 5.74) is 6.02. The lowest BCUT2D eigenvalue weighted by Crippen LogP contribution is -2.15. The zero-order valence-corrected chi connectivity index (χ0v) is 12.9. The highest BCUT2D eigenvalue weighted by Gasteiger charge is 2.24. The lowest BCUT2D eigenvalue weighted by Gasteiger charge is -2.12. The quantitative estimate of drug-likeness (QED) is 0.594. The Bertz CT molecular complexity index is 496. The van der Waals surface area contributed by atoms with Gasteiger partial charge in [0.15, 0.2) is 0 Å². The summed E-state index contributed by atoms with van der Waals surface area (Å²) in [6.45, 7) is 5.54. The molecule has 5 nitrogen and oxygen atoms in total. The van der Waals surface area contributed by atoms with Gasteiger partial charge in [0.25, 0.3) is 0 Å². The second-order valence-electron chi connectivity index (χ2n) is 4.81. The van der Waals surface area contributed by atoms with Crippen molar-refractivity contribution in [2.24, 2.45) is 0 Å². The van der Waals surface area contributed by atoms with Gasteiger partial charge < -0.3 is 15.6 Å². The van der Waals surface area contributed by atoms with E-state index in [0.717, 1.165) is 37.0 Å². The van der Waals surface area contributed by atoms with Crippen molar-refractivity contribution in [3.8, 4) is 0 Å².